The van der Waals surface area contributed by atoms with Crippen LogP contribution in [0.3, 0.4) is 0 Å². The number of fused-ring (bicyclic) bond motifs is 2. The standard InChI is InChI=1S/C18H15ClN4/c1-2-10-23-17(12-6-5-7-13(19)11-12)22-16-18(23)21-15-9-4-3-8-14(15)20-16/h3-9,11H,2,10H2,1H3. The molecule has 0 N–H and O–H groups in total. The van der Waals surface area contributed by atoms with Crippen LogP contribution < -0.4 is 0 Å². The largest absolute Gasteiger partial charge is 0.307 e. The number of nitrogens with zero attached hydrogens (tertiary/aromatic N) is 4. The molecule has 4 nitrogen and oxygen atoms in total. The zero-order chi connectivity index (χ0) is 15.8. The van der Waals surface area contributed by atoms with Crippen LogP contribution in [0, 0.1) is 0 Å². The lowest BCUT2D eigenvalue weighted by Gasteiger charge is -2.07. The SMILES string of the molecule is CCCn1c(-c2cccc(Cl)c2)nc2nc3ccccc3nc21. The molecule has 0 aliphatic heterocycles. The van der Waals surface area contributed by atoms with Gasteiger partial charge in [0.2, 0.25) is 0 Å². The maximum atomic E-state index is 6.14. The number of imidazole rings is 1. The molecule has 0 saturated heterocycles. The van der Waals surface area contributed by atoms with Gasteiger partial charge in [0.1, 0.15) is 5.82 Å². The lowest BCUT2D eigenvalue weighted by molar-refractivity contribution is 0.699. The maximum absolute atomic E-state index is 6.14. The van der Waals surface area contributed by atoms with E-state index >= 15 is 0 Å². The summed E-state index contributed by atoms with van der Waals surface area (Å²) in [7, 11) is 0. The lowest BCUT2D eigenvalue weighted by atomic mass is 10.2. The zero-order valence-electron chi connectivity index (χ0n) is 12.7. The van der Waals surface area contributed by atoms with Crippen LogP contribution in [0.1, 0.15) is 13.3 Å². The molecule has 0 aliphatic carbocycles. The highest BCUT2D eigenvalue weighted by molar-refractivity contribution is 6.30. The van der Waals surface area contributed by atoms with Crippen LogP contribution in [0.4, 0.5) is 0 Å². The van der Waals surface area contributed by atoms with E-state index in [9.17, 15) is 0 Å². The maximum Gasteiger partial charge on any atom is 0.198 e. The number of hydrogen-bond donors (Lipinski definition) is 0. The third-order valence-electron chi connectivity index (χ3n) is 3.79. The fourth-order valence-corrected chi connectivity index (χ4v) is 2.97. The first-order chi connectivity index (χ1) is 11.3. The third-order valence-corrected chi connectivity index (χ3v) is 4.02. The molecule has 2 heterocycles. The summed E-state index contributed by atoms with van der Waals surface area (Å²) in [6.07, 6.45) is 0.994. The number of benzene rings is 2. The van der Waals surface area contributed by atoms with E-state index < -0.39 is 0 Å². The molecule has 0 unspecified atom stereocenters. The predicted molar refractivity (Wildman–Crippen MR) is 93.6 cm³/mol. The van der Waals surface area contributed by atoms with E-state index in [4.69, 9.17) is 21.6 Å². The normalized spacial score (nSPS) is 11.4. The average Bonchev–Trinajstić information content (AvgIpc) is 2.91. The van der Waals surface area contributed by atoms with E-state index in [1.165, 1.54) is 0 Å². The number of para-hydroxylation sites is 2. The fourth-order valence-electron chi connectivity index (χ4n) is 2.78. The molecule has 23 heavy (non-hydrogen) atoms. The second-order valence-electron chi connectivity index (χ2n) is 5.46. The molecule has 0 spiro atoms. The van der Waals surface area contributed by atoms with Crippen molar-refractivity contribution in [3.63, 3.8) is 0 Å². The molecule has 0 fully saturated rings. The number of rotatable bonds is 3. The lowest BCUT2D eigenvalue weighted by Crippen LogP contribution is -2.01. The molecule has 114 valence electrons. The minimum absolute atomic E-state index is 0.673. The Morgan fingerprint density at radius 1 is 0.957 bits per heavy atom. The van der Waals surface area contributed by atoms with Gasteiger partial charge in [-0.2, -0.15) is 0 Å². The van der Waals surface area contributed by atoms with Gasteiger partial charge in [-0.15, -0.1) is 0 Å². The van der Waals surface area contributed by atoms with Crippen LogP contribution in [0.15, 0.2) is 48.5 Å². The Bertz CT molecular complexity index is 1010. The van der Waals surface area contributed by atoms with Gasteiger partial charge in [0, 0.05) is 17.1 Å². The van der Waals surface area contributed by atoms with E-state index in [0.29, 0.717) is 10.7 Å². The minimum atomic E-state index is 0.673. The highest BCUT2D eigenvalue weighted by Crippen LogP contribution is 2.26. The second kappa shape index (κ2) is 5.63. The predicted octanol–water partition coefficient (Wildman–Crippen LogP) is 4.71. The van der Waals surface area contributed by atoms with E-state index in [2.05, 4.69) is 16.5 Å². The summed E-state index contributed by atoms with van der Waals surface area (Å²) in [5.74, 6) is 0.861. The van der Waals surface area contributed by atoms with Crippen LogP contribution in [-0.2, 0) is 6.54 Å². The number of halogens is 1. The molecule has 0 aliphatic rings. The summed E-state index contributed by atoms with van der Waals surface area (Å²) in [5.41, 5.74) is 4.22. The van der Waals surface area contributed by atoms with Crippen LogP contribution in [0.2, 0.25) is 5.02 Å². The van der Waals surface area contributed by atoms with Crippen LogP contribution >= 0.6 is 11.6 Å². The van der Waals surface area contributed by atoms with Crippen molar-refractivity contribution in [3.05, 3.63) is 53.6 Å². The van der Waals surface area contributed by atoms with Crippen LogP contribution in [-0.4, -0.2) is 19.5 Å². The van der Waals surface area contributed by atoms with Gasteiger partial charge < -0.3 is 4.57 Å². The molecule has 2 aromatic carbocycles. The Morgan fingerprint density at radius 2 is 1.74 bits per heavy atom. The topological polar surface area (TPSA) is 43.6 Å². The first-order valence-corrected chi connectivity index (χ1v) is 8.03. The van der Waals surface area contributed by atoms with Gasteiger partial charge in [-0.05, 0) is 30.7 Å². The Hall–Kier alpha value is -2.46. The van der Waals surface area contributed by atoms with Crippen LogP contribution in [0.25, 0.3) is 33.7 Å². The van der Waals surface area contributed by atoms with Gasteiger partial charge in [-0.1, -0.05) is 42.8 Å². The number of aryl methyl sites for hydroxylation is 1. The van der Waals surface area contributed by atoms with Gasteiger partial charge in [0.25, 0.3) is 0 Å². The molecule has 4 aromatic rings. The highest BCUT2D eigenvalue weighted by Gasteiger charge is 2.15. The molecule has 2 aromatic heterocycles. The summed E-state index contributed by atoms with van der Waals surface area (Å²) in [6, 6.07) is 15.6. The molecular weight excluding hydrogens is 308 g/mol. The smallest absolute Gasteiger partial charge is 0.198 e. The minimum Gasteiger partial charge on any atom is -0.307 e. The first-order valence-electron chi connectivity index (χ1n) is 7.65. The third kappa shape index (κ3) is 2.45. The molecule has 4 rings (SSSR count). The van der Waals surface area contributed by atoms with Crippen molar-refractivity contribution >= 4 is 33.9 Å². The average molecular weight is 323 g/mol. The molecule has 0 radical (unpaired) electrons. The van der Waals surface area contributed by atoms with E-state index in [0.717, 1.165) is 41.0 Å². The fraction of sp³-hybridized carbons (Fsp3) is 0.167. The van der Waals surface area contributed by atoms with Crippen molar-refractivity contribution < 1.29 is 0 Å². The second-order valence-corrected chi connectivity index (χ2v) is 5.89. The first kappa shape index (κ1) is 14.2. The van der Waals surface area contributed by atoms with Crippen molar-refractivity contribution in [1.29, 1.82) is 0 Å². The van der Waals surface area contributed by atoms with Crippen molar-refractivity contribution in [1.82, 2.24) is 19.5 Å². The Morgan fingerprint density at radius 3 is 2.48 bits per heavy atom. The molecule has 5 heteroatoms. The molecule has 0 amide bonds. The molecular formula is C18H15ClN4. The van der Waals surface area contributed by atoms with Crippen molar-refractivity contribution in [2.45, 2.75) is 19.9 Å². The van der Waals surface area contributed by atoms with Crippen molar-refractivity contribution in [2.75, 3.05) is 0 Å². The van der Waals surface area contributed by atoms with E-state index in [1.807, 2.05) is 48.5 Å². The Kier molecular flexibility index (Phi) is 3.46. The monoisotopic (exact) mass is 322 g/mol. The highest BCUT2D eigenvalue weighted by atomic mass is 35.5. The summed E-state index contributed by atoms with van der Waals surface area (Å²) in [6.45, 7) is 2.98. The number of hydrogen-bond acceptors (Lipinski definition) is 3. The van der Waals surface area contributed by atoms with Gasteiger partial charge in [-0.3, -0.25) is 0 Å². The molecule has 0 saturated carbocycles. The Labute approximate surface area is 138 Å². The summed E-state index contributed by atoms with van der Waals surface area (Å²) >= 11 is 6.14. The summed E-state index contributed by atoms with van der Waals surface area (Å²) < 4.78 is 2.13. The molecule has 0 bridgehead atoms. The van der Waals surface area contributed by atoms with E-state index in [-0.39, 0.29) is 0 Å². The number of aromatic nitrogens is 4. The van der Waals surface area contributed by atoms with Gasteiger partial charge >= 0.3 is 0 Å². The quantitative estimate of drug-likeness (QED) is 0.548. The van der Waals surface area contributed by atoms with Gasteiger partial charge in [-0.25, -0.2) is 15.0 Å². The van der Waals surface area contributed by atoms with Gasteiger partial charge in [0.05, 0.1) is 11.0 Å². The van der Waals surface area contributed by atoms with Gasteiger partial charge in [0.15, 0.2) is 11.3 Å². The van der Waals surface area contributed by atoms with Crippen molar-refractivity contribution in [3.8, 4) is 11.4 Å². The molecule has 0 atom stereocenters. The van der Waals surface area contributed by atoms with Crippen molar-refractivity contribution in [2.24, 2.45) is 0 Å². The summed E-state index contributed by atoms with van der Waals surface area (Å²) in [5, 5.41) is 0.698. The zero-order valence-corrected chi connectivity index (χ0v) is 13.5. The summed E-state index contributed by atoms with van der Waals surface area (Å²) in [4.78, 5) is 14.2. The van der Waals surface area contributed by atoms with E-state index in [1.54, 1.807) is 0 Å². The van der Waals surface area contributed by atoms with Crippen LogP contribution in [0.5, 0.6) is 0 Å². The Balaban J connectivity index is 2.03.